The summed E-state index contributed by atoms with van der Waals surface area (Å²) in [4.78, 5) is 0. The van der Waals surface area contributed by atoms with Gasteiger partial charge in [0.25, 0.3) is 0 Å². The van der Waals surface area contributed by atoms with Crippen LogP contribution in [0.25, 0.3) is 0 Å². The number of aryl methyl sites for hydroxylation is 1. The predicted molar refractivity (Wildman–Crippen MR) is 83.8 cm³/mol. The first-order valence-electron chi connectivity index (χ1n) is 6.48. The number of benzene rings is 2. The van der Waals surface area contributed by atoms with Crippen LogP contribution in [0.1, 0.15) is 24.1 Å². The van der Waals surface area contributed by atoms with Crippen LogP contribution >= 0.6 is 15.9 Å². The average molecular weight is 356 g/mol. The lowest BCUT2D eigenvalue weighted by atomic mass is 10.0. The van der Waals surface area contributed by atoms with Crippen molar-refractivity contribution in [2.45, 2.75) is 19.9 Å². The number of nitrogens with one attached hydrogen (secondary N) is 1. The molecule has 112 valence electrons. The minimum absolute atomic E-state index is 0.188. The lowest BCUT2D eigenvalue weighted by Crippen LogP contribution is -2.10. The molecule has 0 saturated heterocycles. The normalized spacial score (nSPS) is 12.1. The summed E-state index contributed by atoms with van der Waals surface area (Å²) in [5.41, 5.74) is 2.22. The fourth-order valence-corrected chi connectivity index (χ4v) is 2.46. The first-order chi connectivity index (χ1) is 9.92. The molecule has 0 amide bonds. The zero-order valence-corrected chi connectivity index (χ0v) is 13.6. The van der Waals surface area contributed by atoms with Crippen molar-refractivity contribution in [3.05, 3.63) is 57.6 Å². The molecule has 0 heterocycles. The number of hydrogen-bond acceptors (Lipinski definition) is 2. The fraction of sp³-hybridized carbons (Fsp3) is 0.250. The van der Waals surface area contributed by atoms with Gasteiger partial charge in [-0.3, -0.25) is 0 Å². The molecular weight excluding hydrogens is 340 g/mol. The van der Waals surface area contributed by atoms with E-state index in [-0.39, 0.29) is 16.2 Å². The van der Waals surface area contributed by atoms with Gasteiger partial charge in [0, 0.05) is 11.6 Å². The average Bonchev–Trinajstić information content (AvgIpc) is 2.44. The van der Waals surface area contributed by atoms with Crippen molar-refractivity contribution >= 4 is 21.6 Å². The number of halogens is 3. The highest BCUT2D eigenvalue weighted by atomic mass is 79.9. The van der Waals surface area contributed by atoms with E-state index in [4.69, 9.17) is 4.74 Å². The summed E-state index contributed by atoms with van der Waals surface area (Å²) in [5, 5.41) is 3.04. The molecule has 0 aliphatic carbocycles. The van der Waals surface area contributed by atoms with Gasteiger partial charge in [0.15, 0.2) is 0 Å². The summed E-state index contributed by atoms with van der Waals surface area (Å²) >= 11 is 3.06. The van der Waals surface area contributed by atoms with E-state index in [1.165, 1.54) is 6.07 Å². The van der Waals surface area contributed by atoms with E-state index < -0.39 is 11.6 Å². The second-order valence-corrected chi connectivity index (χ2v) is 5.71. The Kier molecular flexibility index (Phi) is 4.83. The maximum atomic E-state index is 13.8. The topological polar surface area (TPSA) is 21.3 Å². The summed E-state index contributed by atoms with van der Waals surface area (Å²) in [6.07, 6.45) is 0. The Morgan fingerprint density at radius 3 is 2.52 bits per heavy atom. The molecule has 5 heteroatoms. The lowest BCUT2D eigenvalue weighted by molar-refractivity contribution is 0.407. The molecule has 2 aromatic carbocycles. The number of ether oxygens (including phenoxy) is 1. The maximum Gasteiger partial charge on any atom is 0.149 e. The third kappa shape index (κ3) is 3.53. The zero-order valence-electron chi connectivity index (χ0n) is 12.0. The Bertz CT molecular complexity index is 661. The highest BCUT2D eigenvalue weighted by Crippen LogP contribution is 2.31. The van der Waals surface area contributed by atoms with E-state index in [1.807, 2.05) is 32.0 Å². The fourth-order valence-electron chi connectivity index (χ4n) is 2.12. The van der Waals surface area contributed by atoms with E-state index in [1.54, 1.807) is 7.11 Å². The van der Waals surface area contributed by atoms with Crippen molar-refractivity contribution in [3.63, 3.8) is 0 Å². The minimum Gasteiger partial charge on any atom is -0.496 e. The standard InChI is InChI=1S/C16H16BrF2NO/c1-9-4-5-11(16(6-9)21-3)10(2)20-15-7-12(17)13(18)8-14(15)19/h4-8,10,20H,1-3H3. The van der Waals surface area contributed by atoms with Crippen LogP contribution in [0.4, 0.5) is 14.5 Å². The second-order valence-electron chi connectivity index (χ2n) is 4.86. The Labute approximate surface area is 131 Å². The van der Waals surface area contributed by atoms with Gasteiger partial charge in [-0.05, 0) is 47.5 Å². The smallest absolute Gasteiger partial charge is 0.149 e. The number of anilines is 1. The molecule has 21 heavy (non-hydrogen) atoms. The molecule has 0 aliphatic rings. The van der Waals surface area contributed by atoms with Crippen LogP contribution in [-0.4, -0.2) is 7.11 Å². The van der Waals surface area contributed by atoms with Crippen LogP contribution < -0.4 is 10.1 Å². The Morgan fingerprint density at radius 2 is 1.86 bits per heavy atom. The van der Waals surface area contributed by atoms with Gasteiger partial charge >= 0.3 is 0 Å². The molecule has 0 aliphatic heterocycles. The molecule has 0 radical (unpaired) electrons. The second kappa shape index (κ2) is 6.43. The summed E-state index contributed by atoms with van der Waals surface area (Å²) < 4.78 is 32.6. The molecule has 1 atom stereocenters. The molecule has 1 N–H and O–H groups in total. The van der Waals surface area contributed by atoms with E-state index in [2.05, 4.69) is 21.2 Å². The number of rotatable bonds is 4. The van der Waals surface area contributed by atoms with Crippen LogP contribution in [0.3, 0.4) is 0 Å². The van der Waals surface area contributed by atoms with Crippen molar-refractivity contribution in [1.82, 2.24) is 0 Å². The molecule has 0 spiro atoms. The van der Waals surface area contributed by atoms with Gasteiger partial charge in [0.1, 0.15) is 17.4 Å². The molecular formula is C16H16BrF2NO. The summed E-state index contributed by atoms with van der Waals surface area (Å²) in [6.45, 7) is 3.87. The van der Waals surface area contributed by atoms with Crippen LogP contribution in [-0.2, 0) is 0 Å². The van der Waals surface area contributed by atoms with E-state index in [0.29, 0.717) is 0 Å². The Balaban J connectivity index is 2.30. The van der Waals surface area contributed by atoms with Crippen molar-refractivity contribution in [2.24, 2.45) is 0 Å². The Morgan fingerprint density at radius 1 is 1.14 bits per heavy atom. The van der Waals surface area contributed by atoms with Crippen molar-refractivity contribution in [3.8, 4) is 5.75 Å². The summed E-state index contributed by atoms with van der Waals surface area (Å²) in [6, 6.07) is 7.87. The van der Waals surface area contributed by atoms with E-state index in [9.17, 15) is 8.78 Å². The quantitative estimate of drug-likeness (QED) is 0.759. The third-order valence-electron chi connectivity index (χ3n) is 3.24. The highest BCUT2D eigenvalue weighted by Gasteiger charge is 2.15. The van der Waals surface area contributed by atoms with Crippen LogP contribution in [0.5, 0.6) is 5.75 Å². The molecule has 0 fully saturated rings. The third-order valence-corrected chi connectivity index (χ3v) is 3.85. The number of hydrogen-bond donors (Lipinski definition) is 1. The van der Waals surface area contributed by atoms with Crippen molar-refractivity contribution < 1.29 is 13.5 Å². The lowest BCUT2D eigenvalue weighted by Gasteiger charge is -2.19. The molecule has 2 rings (SSSR count). The van der Waals surface area contributed by atoms with Crippen molar-refractivity contribution in [1.29, 1.82) is 0 Å². The van der Waals surface area contributed by atoms with Gasteiger partial charge in [-0.25, -0.2) is 8.78 Å². The van der Waals surface area contributed by atoms with Gasteiger partial charge in [0.05, 0.1) is 23.3 Å². The van der Waals surface area contributed by atoms with Crippen LogP contribution in [0.15, 0.2) is 34.8 Å². The SMILES string of the molecule is COc1cc(C)ccc1C(C)Nc1cc(Br)c(F)cc1F. The zero-order chi connectivity index (χ0) is 15.6. The van der Waals surface area contributed by atoms with E-state index in [0.717, 1.165) is 22.9 Å². The molecule has 2 nitrogen and oxygen atoms in total. The van der Waals surface area contributed by atoms with Crippen LogP contribution in [0.2, 0.25) is 0 Å². The van der Waals surface area contributed by atoms with Crippen LogP contribution in [0, 0.1) is 18.6 Å². The summed E-state index contributed by atoms with van der Waals surface area (Å²) in [7, 11) is 1.60. The van der Waals surface area contributed by atoms with E-state index >= 15 is 0 Å². The first kappa shape index (κ1) is 15.8. The molecule has 1 unspecified atom stereocenters. The maximum absolute atomic E-state index is 13.8. The first-order valence-corrected chi connectivity index (χ1v) is 7.27. The molecule has 0 aromatic heterocycles. The van der Waals surface area contributed by atoms with Gasteiger partial charge in [0.2, 0.25) is 0 Å². The highest BCUT2D eigenvalue weighted by molar-refractivity contribution is 9.10. The molecule has 0 bridgehead atoms. The number of methoxy groups -OCH3 is 1. The van der Waals surface area contributed by atoms with Crippen molar-refractivity contribution in [2.75, 3.05) is 12.4 Å². The monoisotopic (exact) mass is 355 g/mol. The van der Waals surface area contributed by atoms with Gasteiger partial charge in [-0.15, -0.1) is 0 Å². The predicted octanol–water partition coefficient (Wildman–Crippen LogP) is 5.22. The summed E-state index contributed by atoms with van der Waals surface area (Å²) in [5.74, 6) is -0.524. The largest absolute Gasteiger partial charge is 0.496 e. The molecule has 0 saturated carbocycles. The van der Waals surface area contributed by atoms with Gasteiger partial charge in [-0.2, -0.15) is 0 Å². The molecule has 2 aromatic rings. The Hall–Kier alpha value is -1.62. The minimum atomic E-state index is -0.631. The van der Waals surface area contributed by atoms with Gasteiger partial charge in [-0.1, -0.05) is 12.1 Å². The van der Waals surface area contributed by atoms with Gasteiger partial charge < -0.3 is 10.1 Å².